The first-order valence-corrected chi connectivity index (χ1v) is 11.1. The van der Waals surface area contributed by atoms with E-state index in [9.17, 15) is 14.9 Å². The zero-order chi connectivity index (χ0) is 23.0. The van der Waals surface area contributed by atoms with Crippen molar-refractivity contribution < 1.29 is 14.5 Å². The smallest absolute Gasteiger partial charge is 0.292 e. The number of anilines is 1. The summed E-state index contributed by atoms with van der Waals surface area (Å²) in [5, 5.41) is 14.3. The number of carbonyl (C=O) groups excluding carboxylic acids is 1. The summed E-state index contributed by atoms with van der Waals surface area (Å²) in [4.78, 5) is 25.6. The lowest BCUT2D eigenvalue weighted by Crippen LogP contribution is -2.40. The van der Waals surface area contributed by atoms with Gasteiger partial charge in [-0.05, 0) is 42.2 Å². The van der Waals surface area contributed by atoms with Gasteiger partial charge in [0.25, 0.3) is 5.69 Å². The van der Waals surface area contributed by atoms with Crippen LogP contribution in [0.15, 0.2) is 78.9 Å². The van der Waals surface area contributed by atoms with Gasteiger partial charge in [0.15, 0.2) is 0 Å². The summed E-state index contributed by atoms with van der Waals surface area (Å²) in [5.74, 6) is 0.732. The van der Waals surface area contributed by atoms with Crippen LogP contribution in [0, 0.1) is 16.0 Å². The Balaban J connectivity index is 1.23. The highest BCUT2D eigenvalue weighted by Gasteiger charge is 2.27. The third kappa shape index (κ3) is 5.88. The van der Waals surface area contributed by atoms with Gasteiger partial charge in [0.05, 0.1) is 4.92 Å². The van der Waals surface area contributed by atoms with Gasteiger partial charge in [0.2, 0.25) is 5.91 Å². The van der Waals surface area contributed by atoms with Crippen molar-refractivity contribution in [2.45, 2.75) is 26.0 Å². The van der Waals surface area contributed by atoms with Crippen LogP contribution in [0.2, 0.25) is 0 Å². The van der Waals surface area contributed by atoms with Crippen LogP contribution in [0.1, 0.15) is 24.0 Å². The van der Waals surface area contributed by atoms with Crippen LogP contribution in [-0.2, 0) is 17.9 Å². The molecule has 0 aliphatic carbocycles. The Bertz CT molecular complexity index is 1080. The van der Waals surface area contributed by atoms with Crippen LogP contribution < -0.4 is 15.0 Å². The Morgan fingerprint density at radius 1 is 0.939 bits per heavy atom. The number of nitrogens with zero attached hydrogens (tertiary/aromatic N) is 2. The topological polar surface area (TPSA) is 84.7 Å². The molecule has 1 amide bonds. The van der Waals surface area contributed by atoms with Crippen LogP contribution in [0.3, 0.4) is 0 Å². The second kappa shape index (κ2) is 10.6. The molecule has 1 aliphatic rings. The van der Waals surface area contributed by atoms with E-state index in [1.807, 2.05) is 59.5 Å². The van der Waals surface area contributed by atoms with Gasteiger partial charge in [0.1, 0.15) is 18.0 Å². The number of ether oxygens (including phenoxy) is 1. The van der Waals surface area contributed by atoms with Crippen LogP contribution in [0.4, 0.5) is 11.4 Å². The number of carbonyl (C=O) groups is 1. The fourth-order valence-electron chi connectivity index (χ4n) is 4.05. The van der Waals surface area contributed by atoms with Crippen molar-refractivity contribution in [1.82, 2.24) is 5.32 Å². The molecule has 1 heterocycles. The summed E-state index contributed by atoms with van der Waals surface area (Å²) in [6.45, 7) is 2.22. The maximum atomic E-state index is 12.7. The quantitative estimate of drug-likeness (QED) is 0.401. The molecule has 0 saturated carbocycles. The van der Waals surface area contributed by atoms with Gasteiger partial charge >= 0.3 is 0 Å². The van der Waals surface area contributed by atoms with E-state index in [0.29, 0.717) is 44.8 Å². The first-order valence-electron chi connectivity index (χ1n) is 11.1. The number of hydrogen-bond acceptors (Lipinski definition) is 5. The average molecular weight is 446 g/mol. The van der Waals surface area contributed by atoms with Gasteiger partial charge < -0.3 is 15.0 Å². The SMILES string of the molecule is O=C(NCc1ccc(OCc2ccccc2)cc1)C1CCN(c2ccccc2[N+](=O)[O-])CC1. The molecule has 33 heavy (non-hydrogen) atoms. The van der Waals surface area contributed by atoms with Gasteiger partial charge in [0, 0.05) is 31.6 Å². The molecule has 1 saturated heterocycles. The van der Waals surface area contributed by atoms with E-state index in [4.69, 9.17) is 4.74 Å². The maximum Gasteiger partial charge on any atom is 0.292 e. The van der Waals surface area contributed by atoms with E-state index in [1.165, 1.54) is 6.07 Å². The fourth-order valence-corrected chi connectivity index (χ4v) is 4.05. The normalized spacial score (nSPS) is 14.0. The molecule has 0 unspecified atom stereocenters. The molecule has 170 valence electrons. The molecule has 0 aromatic heterocycles. The first-order chi connectivity index (χ1) is 16.1. The summed E-state index contributed by atoms with van der Waals surface area (Å²) >= 11 is 0. The van der Waals surface area contributed by atoms with Crippen molar-refractivity contribution in [3.8, 4) is 5.75 Å². The van der Waals surface area contributed by atoms with E-state index in [1.54, 1.807) is 18.2 Å². The Morgan fingerprint density at radius 3 is 2.30 bits per heavy atom. The number of rotatable bonds is 8. The number of para-hydroxylation sites is 2. The zero-order valence-electron chi connectivity index (χ0n) is 18.4. The fraction of sp³-hybridized carbons (Fsp3) is 0.269. The predicted molar refractivity (Wildman–Crippen MR) is 127 cm³/mol. The molecule has 7 heteroatoms. The monoisotopic (exact) mass is 445 g/mol. The molecule has 3 aromatic rings. The van der Waals surface area contributed by atoms with Crippen molar-refractivity contribution in [2.24, 2.45) is 5.92 Å². The number of nitro benzene ring substituents is 1. The minimum Gasteiger partial charge on any atom is -0.489 e. The van der Waals surface area contributed by atoms with E-state index >= 15 is 0 Å². The Morgan fingerprint density at radius 2 is 1.61 bits per heavy atom. The molecule has 0 spiro atoms. The lowest BCUT2D eigenvalue weighted by Gasteiger charge is -2.32. The van der Waals surface area contributed by atoms with Gasteiger partial charge in [-0.25, -0.2) is 0 Å². The lowest BCUT2D eigenvalue weighted by atomic mass is 9.95. The van der Waals surface area contributed by atoms with E-state index in [-0.39, 0.29) is 22.4 Å². The van der Waals surface area contributed by atoms with Gasteiger partial charge in [-0.15, -0.1) is 0 Å². The largest absolute Gasteiger partial charge is 0.489 e. The van der Waals surface area contributed by atoms with Crippen molar-refractivity contribution in [3.63, 3.8) is 0 Å². The summed E-state index contributed by atoms with van der Waals surface area (Å²) in [6.07, 6.45) is 1.34. The highest BCUT2D eigenvalue weighted by molar-refractivity contribution is 5.79. The third-order valence-corrected chi connectivity index (χ3v) is 5.92. The van der Waals surface area contributed by atoms with Crippen LogP contribution in [0.5, 0.6) is 5.75 Å². The second-order valence-corrected chi connectivity index (χ2v) is 8.14. The molecule has 0 atom stereocenters. The minimum atomic E-state index is -0.355. The molecular weight excluding hydrogens is 418 g/mol. The van der Waals surface area contributed by atoms with Crippen molar-refractivity contribution in [1.29, 1.82) is 0 Å². The molecule has 4 rings (SSSR count). The molecule has 1 fully saturated rings. The second-order valence-electron chi connectivity index (χ2n) is 8.14. The van der Waals surface area contributed by atoms with Gasteiger partial charge in [-0.2, -0.15) is 0 Å². The van der Waals surface area contributed by atoms with E-state index in [2.05, 4.69) is 5.32 Å². The molecule has 3 aromatic carbocycles. The molecule has 7 nitrogen and oxygen atoms in total. The molecule has 1 aliphatic heterocycles. The van der Waals surface area contributed by atoms with Crippen molar-refractivity contribution in [2.75, 3.05) is 18.0 Å². The first kappa shape index (κ1) is 22.3. The molecule has 1 N–H and O–H groups in total. The number of nitro groups is 1. The number of hydrogen-bond donors (Lipinski definition) is 1. The third-order valence-electron chi connectivity index (χ3n) is 5.92. The van der Waals surface area contributed by atoms with E-state index < -0.39 is 0 Å². The van der Waals surface area contributed by atoms with Crippen LogP contribution >= 0.6 is 0 Å². The molecule has 0 radical (unpaired) electrons. The van der Waals surface area contributed by atoms with Crippen molar-refractivity contribution in [3.05, 3.63) is 100 Å². The highest BCUT2D eigenvalue weighted by atomic mass is 16.6. The number of piperidine rings is 1. The summed E-state index contributed by atoms with van der Waals surface area (Å²) in [6, 6.07) is 24.5. The Hall–Kier alpha value is -3.87. The summed E-state index contributed by atoms with van der Waals surface area (Å²) in [5.41, 5.74) is 2.85. The van der Waals surface area contributed by atoms with Crippen LogP contribution in [-0.4, -0.2) is 23.9 Å². The average Bonchev–Trinajstić information content (AvgIpc) is 2.87. The van der Waals surface area contributed by atoms with E-state index in [0.717, 1.165) is 16.9 Å². The van der Waals surface area contributed by atoms with Gasteiger partial charge in [-0.3, -0.25) is 14.9 Å². The summed E-state index contributed by atoms with van der Waals surface area (Å²) in [7, 11) is 0. The Labute approximate surface area is 193 Å². The van der Waals surface area contributed by atoms with Crippen LogP contribution in [0.25, 0.3) is 0 Å². The Kier molecular flexibility index (Phi) is 7.19. The number of nitrogens with one attached hydrogen (secondary N) is 1. The number of amides is 1. The molecule has 0 bridgehead atoms. The highest BCUT2D eigenvalue weighted by Crippen LogP contribution is 2.31. The van der Waals surface area contributed by atoms with Gasteiger partial charge in [-0.1, -0.05) is 54.6 Å². The standard InChI is InChI=1S/C26H27N3O4/c30-26(22-14-16-28(17-15-22)24-8-4-5-9-25(24)29(31)32)27-18-20-10-12-23(13-11-20)33-19-21-6-2-1-3-7-21/h1-13,22H,14-19H2,(H,27,30). The minimum absolute atomic E-state index is 0.0293. The maximum absolute atomic E-state index is 12.7. The molecular formula is C26H27N3O4. The number of benzene rings is 3. The lowest BCUT2D eigenvalue weighted by molar-refractivity contribution is -0.384. The predicted octanol–water partition coefficient (Wildman–Crippen LogP) is 4.71. The van der Waals surface area contributed by atoms with Crippen molar-refractivity contribution >= 4 is 17.3 Å². The summed E-state index contributed by atoms with van der Waals surface area (Å²) < 4.78 is 5.80. The zero-order valence-corrected chi connectivity index (χ0v) is 18.4.